The Balaban J connectivity index is 2.05. The molecule has 172 valence electrons. The first-order valence-electron chi connectivity index (χ1n) is 11.3. The molecule has 0 atom stereocenters. The Bertz CT molecular complexity index is 1170. The maximum Gasteiger partial charge on any atom is 0.0893 e. The number of rotatable bonds is 9. The number of pyridine rings is 1. The molecule has 0 unspecified atom stereocenters. The van der Waals surface area contributed by atoms with E-state index in [1.807, 2.05) is 18.3 Å². The van der Waals surface area contributed by atoms with Crippen molar-refractivity contribution in [1.82, 2.24) is 4.98 Å². The molecule has 0 aliphatic rings. The standard InChI is InChI=1S/C29H28BrN2OP/c1-33-22-12-11-19-28(29-23-24(30)20-21-31-29)32-34(25-13-5-2-6-14-25,26-15-7-3-8-16-26)27-17-9-4-10-18-27/h2-10,13-21,23H,11-12,22H2,1H3. The largest absolute Gasteiger partial charge is 0.385 e. The predicted molar refractivity (Wildman–Crippen MR) is 149 cm³/mol. The van der Waals surface area contributed by atoms with Crippen molar-refractivity contribution in [2.75, 3.05) is 13.7 Å². The van der Waals surface area contributed by atoms with Crippen LogP contribution in [0.1, 0.15) is 18.5 Å². The molecule has 3 nitrogen and oxygen atoms in total. The molecule has 0 saturated heterocycles. The number of hydrogen-bond acceptors (Lipinski definition) is 3. The number of benzene rings is 3. The summed E-state index contributed by atoms with van der Waals surface area (Å²) in [5, 5.41) is 3.64. The fourth-order valence-corrected chi connectivity index (χ4v) is 7.82. The van der Waals surface area contributed by atoms with Crippen LogP contribution in [0, 0.1) is 0 Å². The van der Waals surface area contributed by atoms with Gasteiger partial charge in [0.15, 0.2) is 0 Å². The molecule has 4 rings (SSSR count). The van der Waals surface area contributed by atoms with E-state index in [0.717, 1.165) is 28.7 Å². The highest BCUT2D eigenvalue weighted by molar-refractivity contribution is 9.10. The van der Waals surface area contributed by atoms with Crippen LogP contribution < -0.4 is 15.9 Å². The van der Waals surface area contributed by atoms with Crippen LogP contribution in [0.4, 0.5) is 0 Å². The highest BCUT2D eigenvalue weighted by atomic mass is 79.9. The minimum Gasteiger partial charge on any atom is -0.385 e. The minimum absolute atomic E-state index is 0.714. The summed E-state index contributed by atoms with van der Waals surface area (Å²) in [6.45, 7) is 0.714. The fraction of sp³-hybridized carbons (Fsp3) is 0.138. The zero-order chi connectivity index (χ0) is 23.6. The van der Waals surface area contributed by atoms with E-state index in [2.05, 4.69) is 113 Å². The molecule has 1 aromatic heterocycles. The lowest BCUT2D eigenvalue weighted by atomic mass is 10.2. The number of halogens is 1. The van der Waals surface area contributed by atoms with E-state index in [4.69, 9.17) is 14.5 Å². The third kappa shape index (κ3) is 5.64. The number of aromatic nitrogens is 1. The third-order valence-corrected chi connectivity index (χ3v) is 9.67. The van der Waals surface area contributed by atoms with E-state index in [-0.39, 0.29) is 0 Å². The zero-order valence-electron chi connectivity index (χ0n) is 19.2. The Hall–Kier alpha value is -2.78. The molecule has 34 heavy (non-hydrogen) atoms. The molecule has 3 aromatic carbocycles. The van der Waals surface area contributed by atoms with Gasteiger partial charge in [0.25, 0.3) is 0 Å². The average Bonchev–Trinajstić information content (AvgIpc) is 2.90. The first-order chi connectivity index (χ1) is 16.7. The summed E-state index contributed by atoms with van der Waals surface area (Å²) in [6.07, 6.45) is 5.82. The number of hydrogen-bond donors (Lipinski definition) is 0. The molecule has 5 heteroatoms. The van der Waals surface area contributed by atoms with Crippen LogP contribution in [0.25, 0.3) is 5.70 Å². The first kappa shape index (κ1) is 24.3. The van der Waals surface area contributed by atoms with Gasteiger partial charge < -0.3 is 4.74 Å². The van der Waals surface area contributed by atoms with Crippen molar-refractivity contribution in [2.24, 2.45) is 4.74 Å². The summed E-state index contributed by atoms with van der Waals surface area (Å²) in [7, 11) is -0.638. The number of unbranched alkanes of at least 4 members (excludes halogenated alkanes) is 1. The lowest BCUT2D eigenvalue weighted by Crippen LogP contribution is -2.25. The second-order valence-electron chi connectivity index (χ2n) is 7.83. The van der Waals surface area contributed by atoms with Gasteiger partial charge in [0.1, 0.15) is 0 Å². The molecule has 0 N–H and O–H groups in total. The van der Waals surface area contributed by atoms with E-state index in [9.17, 15) is 0 Å². The smallest absolute Gasteiger partial charge is 0.0893 e. The molecule has 0 spiro atoms. The molecule has 0 amide bonds. The van der Waals surface area contributed by atoms with Crippen LogP contribution in [0.2, 0.25) is 0 Å². The molecule has 0 aliphatic heterocycles. The number of nitrogens with zero attached hydrogens (tertiary/aromatic N) is 2. The molecule has 4 aromatic rings. The monoisotopic (exact) mass is 530 g/mol. The Morgan fingerprint density at radius 2 is 1.38 bits per heavy atom. The van der Waals surface area contributed by atoms with Crippen LogP contribution in [0.5, 0.6) is 0 Å². The lowest BCUT2D eigenvalue weighted by Gasteiger charge is -2.27. The van der Waals surface area contributed by atoms with Crippen molar-refractivity contribution >= 4 is 44.6 Å². The molecule has 0 bridgehead atoms. The summed E-state index contributed by atoms with van der Waals surface area (Å²) in [4.78, 5) is 4.70. The highest BCUT2D eigenvalue weighted by Gasteiger charge is 2.28. The molecular weight excluding hydrogens is 503 g/mol. The lowest BCUT2D eigenvalue weighted by molar-refractivity contribution is 0.196. The molecule has 0 saturated carbocycles. The fourth-order valence-electron chi connectivity index (χ4n) is 3.92. The van der Waals surface area contributed by atoms with Crippen molar-refractivity contribution in [3.05, 3.63) is 126 Å². The van der Waals surface area contributed by atoms with Crippen molar-refractivity contribution in [3.8, 4) is 0 Å². The summed E-state index contributed by atoms with van der Waals surface area (Å²) >= 11 is 3.62. The molecule has 0 aliphatic carbocycles. The first-order valence-corrected chi connectivity index (χ1v) is 13.9. The summed E-state index contributed by atoms with van der Waals surface area (Å²) in [5.41, 5.74) is 1.77. The van der Waals surface area contributed by atoms with Crippen molar-refractivity contribution < 1.29 is 4.74 Å². The quantitative estimate of drug-likeness (QED) is 0.176. The maximum absolute atomic E-state index is 5.68. The molecule has 0 radical (unpaired) electrons. The zero-order valence-corrected chi connectivity index (χ0v) is 21.7. The van der Waals surface area contributed by atoms with Gasteiger partial charge in [0.2, 0.25) is 0 Å². The van der Waals surface area contributed by atoms with E-state index >= 15 is 0 Å². The minimum atomic E-state index is -2.38. The van der Waals surface area contributed by atoms with Gasteiger partial charge in [-0.25, -0.2) is 0 Å². The van der Waals surface area contributed by atoms with Crippen LogP contribution in [0.3, 0.4) is 0 Å². The predicted octanol–water partition coefficient (Wildman–Crippen LogP) is 6.79. The Morgan fingerprint density at radius 3 is 1.85 bits per heavy atom. The van der Waals surface area contributed by atoms with Gasteiger partial charge in [-0.15, -0.1) is 0 Å². The van der Waals surface area contributed by atoms with Crippen molar-refractivity contribution in [1.29, 1.82) is 0 Å². The highest BCUT2D eigenvalue weighted by Crippen LogP contribution is 2.49. The second-order valence-corrected chi connectivity index (χ2v) is 11.8. The summed E-state index contributed by atoms with van der Waals surface area (Å²) < 4.78 is 11.9. The van der Waals surface area contributed by atoms with E-state index in [1.165, 1.54) is 15.9 Å². The van der Waals surface area contributed by atoms with Gasteiger partial charge in [-0.2, -0.15) is 0 Å². The van der Waals surface area contributed by atoms with E-state index < -0.39 is 7.05 Å². The normalized spacial score (nSPS) is 11.9. The van der Waals surface area contributed by atoms with Crippen LogP contribution in [0.15, 0.2) is 125 Å². The Kier molecular flexibility index (Phi) is 8.65. The molecule has 1 heterocycles. The summed E-state index contributed by atoms with van der Waals surface area (Å²) in [6, 6.07) is 36.0. The topological polar surface area (TPSA) is 34.5 Å². The van der Waals surface area contributed by atoms with Gasteiger partial charge in [0.05, 0.1) is 18.4 Å². The van der Waals surface area contributed by atoms with Crippen LogP contribution >= 0.6 is 23.0 Å². The SMILES string of the molecule is COCCCC=C(N=P(c1ccccc1)(c1ccccc1)c1ccccc1)c1cc(Br)ccn1. The van der Waals surface area contributed by atoms with E-state index in [1.54, 1.807) is 7.11 Å². The van der Waals surface area contributed by atoms with Crippen LogP contribution in [-0.2, 0) is 4.74 Å². The molecular formula is C29H28BrN2OP. The third-order valence-electron chi connectivity index (χ3n) is 5.52. The number of ether oxygens (including phenoxy) is 1. The molecule has 0 fully saturated rings. The Labute approximate surface area is 210 Å². The number of allylic oxidation sites excluding steroid dienone is 1. The van der Waals surface area contributed by atoms with Gasteiger partial charge >= 0.3 is 0 Å². The van der Waals surface area contributed by atoms with Gasteiger partial charge in [-0.3, -0.25) is 9.73 Å². The van der Waals surface area contributed by atoms with Gasteiger partial charge in [-0.05, 0) is 25.0 Å². The number of methoxy groups -OCH3 is 1. The van der Waals surface area contributed by atoms with Gasteiger partial charge in [0, 0.05) is 40.3 Å². The average molecular weight is 531 g/mol. The van der Waals surface area contributed by atoms with Crippen molar-refractivity contribution in [2.45, 2.75) is 12.8 Å². The Morgan fingerprint density at radius 1 is 0.853 bits per heavy atom. The van der Waals surface area contributed by atoms with Crippen LogP contribution in [-0.4, -0.2) is 18.7 Å². The van der Waals surface area contributed by atoms with Crippen molar-refractivity contribution in [3.63, 3.8) is 0 Å². The summed E-state index contributed by atoms with van der Waals surface area (Å²) in [5.74, 6) is 0. The maximum atomic E-state index is 5.68. The van der Waals surface area contributed by atoms with Gasteiger partial charge in [-0.1, -0.05) is 113 Å². The second kappa shape index (κ2) is 12.1. The van der Waals surface area contributed by atoms with E-state index in [0.29, 0.717) is 6.61 Å².